The Morgan fingerprint density at radius 1 is 1.30 bits per heavy atom. The van der Waals surface area contributed by atoms with Gasteiger partial charge in [-0.1, -0.05) is 42.9 Å². The maximum absolute atomic E-state index is 13.2. The lowest BCUT2D eigenvalue weighted by atomic mass is 9.81. The molecule has 0 N–H and O–H groups in total. The van der Waals surface area contributed by atoms with E-state index in [1.807, 2.05) is 6.08 Å². The van der Waals surface area contributed by atoms with Gasteiger partial charge in [-0.25, -0.2) is 4.39 Å². The number of allylic oxidation sites excluding steroid dienone is 2. The van der Waals surface area contributed by atoms with Crippen molar-refractivity contribution in [1.82, 2.24) is 0 Å². The van der Waals surface area contributed by atoms with Crippen molar-refractivity contribution in [1.29, 1.82) is 0 Å². The first-order valence-corrected chi connectivity index (χ1v) is 7.70. The molecular weight excluding hydrogens is 271 g/mol. The Morgan fingerprint density at radius 3 is 2.70 bits per heavy atom. The van der Waals surface area contributed by atoms with Crippen molar-refractivity contribution in [2.24, 2.45) is 11.8 Å². The Labute approximate surface area is 126 Å². The van der Waals surface area contributed by atoms with Crippen LogP contribution in [0.3, 0.4) is 0 Å². The molecule has 0 atom stereocenters. The lowest BCUT2D eigenvalue weighted by Gasteiger charge is -2.25. The molecule has 0 spiro atoms. The zero-order valence-corrected chi connectivity index (χ0v) is 12.6. The fraction of sp³-hybridized carbons (Fsp3) is 0.444. The molecule has 106 valence electrons. The van der Waals surface area contributed by atoms with Gasteiger partial charge in [-0.3, -0.25) is 0 Å². The van der Waals surface area contributed by atoms with Gasteiger partial charge < -0.3 is 0 Å². The number of rotatable bonds is 2. The van der Waals surface area contributed by atoms with Crippen LogP contribution >= 0.6 is 11.6 Å². The van der Waals surface area contributed by atoms with E-state index in [1.165, 1.54) is 44.2 Å². The van der Waals surface area contributed by atoms with Gasteiger partial charge in [0.25, 0.3) is 0 Å². The van der Waals surface area contributed by atoms with Crippen LogP contribution in [0.4, 0.5) is 4.39 Å². The maximum Gasteiger partial charge on any atom is 0.143 e. The lowest BCUT2D eigenvalue weighted by Crippen LogP contribution is -2.11. The van der Waals surface area contributed by atoms with E-state index in [2.05, 4.69) is 24.8 Å². The van der Waals surface area contributed by atoms with Crippen molar-refractivity contribution in [2.75, 3.05) is 0 Å². The molecule has 0 radical (unpaired) electrons. The number of benzene rings is 1. The van der Waals surface area contributed by atoms with Crippen molar-refractivity contribution in [3.8, 4) is 11.8 Å². The summed E-state index contributed by atoms with van der Waals surface area (Å²) in [5.41, 5.74) is 0.659. The Kier molecular flexibility index (Phi) is 5.68. The molecule has 2 rings (SSSR count). The number of halogens is 2. The van der Waals surface area contributed by atoms with Crippen LogP contribution in [0.2, 0.25) is 5.02 Å². The van der Waals surface area contributed by atoms with E-state index in [0.29, 0.717) is 11.5 Å². The van der Waals surface area contributed by atoms with Gasteiger partial charge in [-0.15, -0.1) is 0 Å². The molecule has 0 aliphatic heterocycles. The maximum atomic E-state index is 13.2. The van der Waals surface area contributed by atoms with Gasteiger partial charge in [0, 0.05) is 5.56 Å². The molecule has 0 bridgehead atoms. The minimum atomic E-state index is -0.416. The van der Waals surface area contributed by atoms with Gasteiger partial charge >= 0.3 is 0 Å². The molecular formula is C18H20ClF. The average Bonchev–Trinajstić information content (AvgIpc) is 2.48. The summed E-state index contributed by atoms with van der Waals surface area (Å²) in [7, 11) is 0. The molecule has 0 heterocycles. The van der Waals surface area contributed by atoms with Crippen LogP contribution < -0.4 is 0 Å². The fourth-order valence-corrected chi connectivity index (χ4v) is 2.79. The molecule has 2 heteroatoms. The molecule has 0 unspecified atom stereocenters. The van der Waals surface area contributed by atoms with Crippen molar-refractivity contribution < 1.29 is 4.39 Å². The van der Waals surface area contributed by atoms with Gasteiger partial charge in [-0.05, 0) is 61.8 Å². The van der Waals surface area contributed by atoms with E-state index in [0.717, 1.165) is 5.92 Å². The van der Waals surface area contributed by atoms with Gasteiger partial charge in [0.2, 0.25) is 0 Å². The second-order valence-corrected chi connectivity index (χ2v) is 5.85. The first-order valence-electron chi connectivity index (χ1n) is 7.32. The van der Waals surface area contributed by atoms with Crippen LogP contribution in [0, 0.1) is 29.5 Å². The van der Waals surface area contributed by atoms with Crippen molar-refractivity contribution in [3.63, 3.8) is 0 Å². The van der Waals surface area contributed by atoms with E-state index in [4.69, 9.17) is 11.6 Å². The molecule has 1 fully saturated rings. The Balaban J connectivity index is 1.87. The Hall–Kier alpha value is -1.26. The van der Waals surface area contributed by atoms with Gasteiger partial charge in [0.05, 0.1) is 5.02 Å². The molecule has 1 aliphatic carbocycles. The molecule has 0 saturated heterocycles. The molecule has 0 amide bonds. The van der Waals surface area contributed by atoms with E-state index in [-0.39, 0.29) is 5.02 Å². The van der Waals surface area contributed by atoms with Crippen LogP contribution in [0.1, 0.15) is 44.6 Å². The standard InChI is InChI=1S/C18H20ClF/c1-2-14-7-9-15(10-8-14)5-3-4-6-16-11-12-17(19)18(20)13-16/h3,5,11-15H,2,7-10H2,1H3/b5-3+. The lowest BCUT2D eigenvalue weighted by molar-refractivity contribution is 0.304. The zero-order valence-electron chi connectivity index (χ0n) is 11.8. The minimum absolute atomic E-state index is 0.138. The van der Waals surface area contributed by atoms with Crippen molar-refractivity contribution in [3.05, 3.63) is 46.8 Å². The molecule has 1 aliphatic rings. The number of hydrogen-bond acceptors (Lipinski definition) is 0. The second-order valence-electron chi connectivity index (χ2n) is 5.45. The van der Waals surface area contributed by atoms with Gasteiger partial charge in [0.15, 0.2) is 0 Å². The third-order valence-electron chi connectivity index (χ3n) is 4.06. The van der Waals surface area contributed by atoms with E-state index in [1.54, 1.807) is 6.07 Å². The first-order chi connectivity index (χ1) is 9.69. The third kappa shape index (κ3) is 4.39. The normalized spacial score (nSPS) is 22.6. The monoisotopic (exact) mass is 290 g/mol. The van der Waals surface area contributed by atoms with E-state index in [9.17, 15) is 4.39 Å². The topological polar surface area (TPSA) is 0 Å². The minimum Gasteiger partial charge on any atom is -0.205 e. The van der Waals surface area contributed by atoms with Crippen LogP contribution in [-0.2, 0) is 0 Å². The fourth-order valence-electron chi connectivity index (χ4n) is 2.67. The molecule has 1 aromatic carbocycles. The SMILES string of the molecule is CCC1CCC(/C=C/C#Cc2ccc(Cl)c(F)c2)CC1. The summed E-state index contributed by atoms with van der Waals surface area (Å²) < 4.78 is 13.2. The van der Waals surface area contributed by atoms with Gasteiger partial charge in [0.1, 0.15) is 5.82 Å². The third-order valence-corrected chi connectivity index (χ3v) is 4.36. The highest BCUT2D eigenvalue weighted by Crippen LogP contribution is 2.31. The Bertz CT molecular complexity index is 528. The largest absolute Gasteiger partial charge is 0.205 e. The van der Waals surface area contributed by atoms with Crippen LogP contribution in [0.5, 0.6) is 0 Å². The average molecular weight is 291 g/mol. The van der Waals surface area contributed by atoms with E-state index < -0.39 is 5.82 Å². The van der Waals surface area contributed by atoms with Crippen molar-refractivity contribution in [2.45, 2.75) is 39.0 Å². The summed E-state index contributed by atoms with van der Waals surface area (Å²) in [6, 6.07) is 4.64. The zero-order chi connectivity index (χ0) is 14.4. The van der Waals surface area contributed by atoms with Crippen LogP contribution in [0.15, 0.2) is 30.4 Å². The molecule has 20 heavy (non-hydrogen) atoms. The van der Waals surface area contributed by atoms with Crippen LogP contribution in [-0.4, -0.2) is 0 Å². The summed E-state index contributed by atoms with van der Waals surface area (Å²) in [5.74, 6) is 7.08. The summed E-state index contributed by atoms with van der Waals surface area (Å²) in [6.07, 6.45) is 10.6. The predicted molar refractivity (Wildman–Crippen MR) is 83.2 cm³/mol. The highest BCUT2D eigenvalue weighted by Gasteiger charge is 2.17. The molecule has 1 aromatic rings. The highest BCUT2D eigenvalue weighted by atomic mass is 35.5. The molecule has 1 saturated carbocycles. The summed E-state index contributed by atoms with van der Waals surface area (Å²) >= 11 is 5.63. The van der Waals surface area contributed by atoms with Crippen LogP contribution in [0.25, 0.3) is 0 Å². The van der Waals surface area contributed by atoms with Gasteiger partial charge in [-0.2, -0.15) is 0 Å². The quantitative estimate of drug-likeness (QED) is 0.622. The van der Waals surface area contributed by atoms with E-state index >= 15 is 0 Å². The molecule has 0 nitrogen and oxygen atoms in total. The summed E-state index contributed by atoms with van der Waals surface area (Å²) in [5, 5.41) is 0.138. The first kappa shape index (κ1) is 15.1. The van der Waals surface area contributed by atoms with Crippen molar-refractivity contribution >= 4 is 11.6 Å². The summed E-state index contributed by atoms with van der Waals surface area (Å²) in [6.45, 7) is 2.28. The summed E-state index contributed by atoms with van der Waals surface area (Å²) in [4.78, 5) is 0. The smallest absolute Gasteiger partial charge is 0.143 e. The second kappa shape index (κ2) is 7.50. The predicted octanol–water partition coefficient (Wildman–Crippen LogP) is 5.60. The number of hydrogen-bond donors (Lipinski definition) is 0. The molecule has 0 aromatic heterocycles. The highest BCUT2D eigenvalue weighted by molar-refractivity contribution is 6.30. The Morgan fingerprint density at radius 2 is 2.05 bits per heavy atom.